The summed E-state index contributed by atoms with van der Waals surface area (Å²) in [7, 11) is 0. The molecule has 1 aliphatic rings. The zero-order valence-electron chi connectivity index (χ0n) is 5.80. The lowest BCUT2D eigenvalue weighted by atomic mass is 10.2. The van der Waals surface area contributed by atoms with Crippen LogP contribution < -0.4 is 0 Å². The lowest BCUT2D eigenvalue weighted by Crippen LogP contribution is -2.22. The van der Waals surface area contributed by atoms with Gasteiger partial charge in [0.2, 0.25) is 0 Å². The maximum absolute atomic E-state index is 8.54. The van der Waals surface area contributed by atoms with Crippen molar-refractivity contribution in [3.05, 3.63) is 0 Å². The molecule has 1 unspecified atom stereocenters. The van der Waals surface area contributed by atoms with E-state index in [4.69, 9.17) is 5.26 Å². The summed E-state index contributed by atoms with van der Waals surface area (Å²) in [6.07, 6.45) is 5.73. The molecule has 1 heterocycles. The number of nitrogens with zero attached hydrogens (tertiary/aromatic N) is 2. The molecule has 50 valence electrons. The minimum absolute atomic E-state index is 0.551. The predicted molar refractivity (Wildman–Crippen MR) is 35.6 cm³/mol. The Bertz CT molecular complexity index is 125. The van der Waals surface area contributed by atoms with Crippen LogP contribution in [0, 0.1) is 11.5 Å². The summed E-state index contributed by atoms with van der Waals surface area (Å²) in [6.45, 7) is 3.12. The van der Waals surface area contributed by atoms with Crippen LogP contribution in [-0.4, -0.2) is 17.5 Å². The molecule has 9 heavy (non-hydrogen) atoms. The summed E-state index contributed by atoms with van der Waals surface area (Å²) in [6, 6.07) is 0.551. The van der Waals surface area contributed by atoms with Gasteiger partial charge in [0.25, 0.3) is 0 Å². The first-order chi connectivity index (χ1) is 4.38. The monoisotopic (exact) mass is 124 g/mol. The van der Waals surface area contributed by atoms with Crippen molar-refractivity contribution < 1.29 is 0 Å². The Morgan fingerprint density at radius 3 is 3.00 bits per heavy atom. The van der Waals surface area contributed by atoms with E-state index in [0.717, 1.165) is 13.0 Å². The maximum atomic E-state index is 8.54. The Kier molecular flexibility index (Phi) is 1.94. The van der Waals surface area contributed by atoms with Crippen LogP contribution in [-0.2, 0) is 0 Å². The van der Waals surface area contributed by atoms with E-state index < -0.39 is 0 Å². The highest BCUT2D eigenvalue weighted by atomic mass is 15.2. The first-order valence-corrected chi connectivity index (χ1v) is 3.55. The molecule has 0 amide bonds. The molecule has 1 aliphatic heterocycles. The molecule has 2 heteroatoms. The van der Waals surface area contributed by atoms with E-state index >= 15 is 0 Å². The van der Waals surface area contributed by atoms with Gasteiger partial charge in [0.15, 0.2) is 6.19 Å². The van der Waals surface area contributed by atoms with Gasteiger partial charge < -0.3 is 4.90 Å². The molecule has 1 atom stereocenters. The Balaban J connectivity index is 2.44. The van der Waals surface area contributed by atoms with Crippen molar-refractivity contribution in [3.8, 4) is 6.19 Å². The van der Waals surface area contributed by atoms with Gasteiger partial charge in [0.1, 0.15) is 0 Å². The van der Waals surface area contributed by atoms with Gasteiger partial charge >= 0.3 is 0 Å². The molecule has 0 aliphatic carbocycles. The standard InChI is InChI=1S/C7H12N2/c1-2-7-4-3-5-9(7)6-8/h7H,2-5H2,1H3. The minimum Gasteiger partial charge on any atom is -0.308 e. The molecular weight excluding hydrogens is 112 g/mol. The summed E-state index contributed by atoms with van der Waals surface area (Å²) in [5.41, 5.74) is 0. The minimum atomic E-state index is 0.551. The second-order valence-electron chi connectivity index (χ2n) is 2.50. The average Bonchev–Trinajstić information content (AvgIpc) is 2.33. The van der Waals surface area contributed by atoms with Crippen LogP contribution in [0.4, 0.5) is 0 Å². The molecule has 0 bridgehead atoms. The summed E-state index contributed by atoms with van der Waals surface area (Å²) in [5.74, 6) is 0. The molecule has 0 spiro atoms. The van der Waals surface area contributed by atoms with E-state index in [1.54, 1.807) is 0 Å². The van der Waals surface area contributed by atoms with Gasteiger partial charge in [-0.1, -0.05) is 6.92 Å². The average molecular weight is 124 g/mol. The highest BCUT2D eigenvalue weighted by Gasteiger charge is 2.20. The molecule has 2 nitrogen and oxygen atoms in total. The van der Waals surface area contributed by atoms with E-state index in [2.05, 4.69) is 13.1 Å². The smallest absolute Gasteiger partial charge is 0.179 e. The predicted octanol–water partition coefficient (Wildman–Crippen LogP) is 1.34. The van der Waals surface area contributed by atoms with Gasteiger partial charge in [-0.3, -0.25) is 0 Å². The fourth-order valence-electron chi connectivity index (χ4n) is 1.39. The van der Waals surface area contributed by atoms with Crippen LogP contribution in [0.2, 0.25) is 0 Å². The highest BCUT2D eigenvalue weighted by molar-refractivity contribution is 4.86. The normalized spacial score (nSPS) is 26.2. The second kappa shape index (κ2) is 2.72. The Labute approximate surface area is 56.1 Å². The van der Waals surface area contributed by atoms with Gasteiger partial charge in [-0.25, -0.2) is 0 Å². The van der Waals surface area contributed by atoms with Crippen LogP contribution in [0.15, 0.2) is 0 Å². The topological polar surface area (TPSA) is 27.0 Å². The third-order valence-electron chi connectivity index (χ3n) is 1.98. The van der Waals surface area contributed by atoms with E-state index in [-0.39, 0.29) is 0 Å². The van der Waals surface area contributed by atoms with E-state index in [0.29, 0.717) is 6.04 Å². The third-order valence-corrected chi connectivity index (χ3v) is 1.98. The van der Waals surface area contributed by atoms with E-state index in [1.165, 1.54) is 12.8 Å². The van der Waals surface area contributed by atoms with Crippen molar-refractivity contribution in [2.45, 2.75) is 32.2 Å². The Morgan fingerprint density at radius 2 is 2.56 bits per heavy atom. The lowest BCUT2D eigenvalue weighted by Gasteiger charge is -2.14. The van der Waals surface area contributed by atoms with Crippen molar-refractivity contribution in [3.63, 3.8) is 0 Å². The Morgan fingerprint density at radius 1 is 1.78 bits per heavy atom. The summed E-state index contributed by atoms with van der Waals surface area (Å²) in [5, 5.41) is 8.54. The van der Waals surface area contributed by atoms with Crippen molar-refractivity contribution in [2.75, 3.05) is 6.54 Å². The number of nitriles is 1. The van der Waals surface area contributed by atoms with Gasteiger partial charge in [-0.2, -0.15) is 5.26 Å². The quantitative estimate of drug-likeness (QED) is 0.493. The van der Waals surface area contributed by atoms with Crippen molar-refractivity contribution in [1.82, 2.24) is 4.90 Å². The fourth-order valence-corrected chi connectivity index (χ4v) is 1.39. The number of hydrogen-bond acceptors (Lipinski definition) is 2. The molecule has 0 N–H and O–H groups in total. The molecule has 1 fully saturated rings. The molecule has 1 saturated heterocycles. The lowest BCUT2D eigenvalue weighted by molar-refractivity contribution is 0.356. The summed E-state index contributed by atoms with van der Waals surface area (Å²) < 4.78 is 0. The zero-order chi connectivity index (χ0) is 6.69. The highest BCUT2D eigenvalue weighted by Crippen LogP contribution is 2.17. The fraction of sp³-hybridized carbons (Fsp3) is 0.857. The van der Waals surface area contributed by atoms with Crippen LogP contribution in [0.3, 0.4) is 0 Å². The molecular formula is C7H12N2. The van der Waals surface area contributed by atoms with Gasteiger partial charge in [0.05, 0.1) is 0 Å². The van der Waals surface area contributed by atoms with Crippen molar-refractivity contribution in [2.24, 2.45) is 0 Å². The van der Waals surface area contributed by atoms with Crippen LogP contribution >= 0.6 is 0 Å². The first kappa shape index (κ1) is 6.41. The van der Waals surface area contributed by atoms with E-state index in [1.807, 2.05) is 4.90 Å². The summed E-state index contributed by atoms with van der Waals surface area (Å²) >= 11 is 0. The molecule has 0 saturated carbocycles. The van der Waals surface area contributed by atoms with Gasteiger partial charge in [0, 0.05) is 12.6 Å². The Hall–Kier alpha value is -0.710. The van der Waals surface area contributed by atoms with E-state index in [9.17, 15) is 0 Å². The van der Waals surface area contributed by atoms with Crippen molar-refractivity contribution in [1.29, 1.82) is 5.26 Å². The van der Waals surface area contributed by atoms with Crippen LogP contribution in [0.1, 0.15) is 26.2 Å². The largest absolute Gasteiger partial charge is 0.308 e. The second-order valence-corrected chi connectivity index (χ2v) is 2.50. The molecule has 0 radical (unpaired) electrons. The number of rotatable bonds is 1. The molecule has 1 rings (SSSR count). The molecule has 0 aromatic heterocycles. The molecule has 0 aromatic carbocycles. The van der Waals surface area contributed by atoms with Gasteiger partial charge in [-0.15, -0.1) is 0 Å². The summed E-state index contributed by atoms with van der Waals surface area (Å²) in [4.78, 5) is 1.89. The maximum Gasteiger partial charge on any atom is 0.179 e. The first-order valence-electron chi connectivity index (χ1n) is 3.55. The zero-order valence-corrected chi connectivity index (χ0v) is 5.80. The SMILES string of the molecule is CCC1CCCN1C#N. The van der Waals surface area contributed by atoms with Crippen molar-refractivity contribution >= 4 is 0 Å². The van der Waals surface area contributed by atoms with Gasteiger partial charge in [-0.05, 0) is 19.3 Å². The number of likely N-dealkylation sites (tertiary alicyclic amines) is 1. The third kappa shape index (κ3) is 1.16. The molecule has 0 aromatic rings. The van der Waals surface area contributed by atoms with Crippen LogP contribution in [0.5, 0.6) is 0 Å². The van der Waals surface area contributed by atoms with Crippen LogP contribution in [0.25, 0.3) is 0 Å². The number of hydrogen-bond donors (Lipinski definition) is 0.